The summed E-state index contributed by atoms with van der Waals surface area (Å²) >= 11 is 0. The maximum Gasteiger partial charge on any atom is 0.255 e. The highest BCUT2D eigenvalue weighted by atomic mass is 16.5. The second kappa shape index (κ2) is 9.06. The summed E-state index contributed by atoms with van der Waals surface area (Å²) in [4.78, 5) is 24.2. The summed E-state index contributed by atoms with van der Waals surface area (Å²) in [7, 11) is 1.58. The van der Waals surface area contributed by atoms with Crippen molar-refractivity contribution in [1.29, 1.82) is 0 Å². The molecule has 5 nitrogen and oxygen atoms in total. The van der Waals surface area contributed by atoms with Crippen molar-refractivity contribution in [3.05, 3.63) is 89.0 Å². The van der Waals surface area contributed by atoms with Crippen LogP contribution in [0, 0.1) is 6.92 Å². The third-order valence-corrected chi connectivity index (χ3v) is 4.45. The van der Waals surface area contributed by atoms with E-state index in [9.17, 15) is 9.59 Å². The molecule has 0 aliphatic heterocycles. The average molecular weight is 389 g/mol. The number of methoxy groups -OCH3 is 1. The molecular formula is C24H23NO4. The summed E-state index contributed by atoms with van der Waals surface area (Å²) in [6.07, 6.45) is 0. The Balaban J connectivity index is 1.77. The third-order valence-electron chi connectivity index (χ3n) is 4.45. The number of anilines is 1. The molecule has 0 saturated carbocycles. The Labute approximate surface area is 170 Å². The summed E-state index contributed by atoms with van der Waals surface area (Å²) in [6, 6.07) is 19.8. The molecule has 29 heavy (non-hydrogen) atoms. The van der Waals surface area contributed by atoms with Crippen molar-refractivity contribution in [2.75, 3.05) is 12.4 Å². The number of carbonyl (C=O) groups is 2. The first-order chi connectivity index (χ1) is 14.0. The molecule has 0 radical (unpaired) electrons. The van der Waals surface area contributed by atoms with E-state index < -0.39 is 0 Å². The molecule has 0 aliphatic rings. The molecule has 0 aromatic heterocycles. The topological polar surface area (TPSA) is 64.6 Å². The van der Waals surface area contributed by atoms with Crippen LogP contribution in [0.4, 0.5) is 5.69 Å². The lowest BCUT2D eigenvalue weighted by Gasteiger charge is -2.13. The van der Waals surface area contributed by atoms with E-state index >= 15 is 0 Å². The predicted octanol–water partition coefficient (Wildman–Crippen LogP) is 5.04. The van der Waals surface area contributed by atoms with Gasteiger partial charge >= 0.3 is 0 Å². The van der Waals surface area contributed by atoms with Gasteiger partial charge in [-0.1, -0.05) is 24.3 Å². The zero-order valence-electron chi connectivity index (χ0n) is 16.7. The van der Waals surface area contributed by atoms with Gasteiger partial charge in [0.25, 0.3) is 5.91 Å². The van der Waals surface area contributed by atoms with Crippen molar-refractivity contribution in [3.8, 4) is 11.5 Å². The van der Waals surface area contributed by atoms with Crippen LogP contribution in [0.5, 0.6) is 11.5 Å². The van der Waals surface area contributed by atoms with Crippen LogP contribution < -0.4 is 14.8 Å². The molecule has 0 atom stereocenters. The molecule has 3 aromatic carbocycles. The smallest absolute Gasteiger partial charge is 0.255 e. The van der Waals surface area contributed by atoms with Crippen LogP contribution in [0.2, 0.25) is 0 Å². The zero-order chi connectivity index (χ0) is 20.8. The molecule has 0 fully saturated rings. The number of hydrogen-bond donors (Lipinski definition) is 1. The number of ether oxygens (including phenoxy) is 2. The standard InChI is InChI=1S/C24H23NO4/c1-16-6-4-9-22(12-16)29-15-20-13-19(10-11-23(20)28-3)24(27)25-21-8-5-7-18(14-21)17(2)26/h4-14H,15H2,1-3H3,(H,25,27). The molecule has 0 bridgehead atoms. The molecule has 148 valence electrons. The van der Waals surface area contributed by atoms with E-state index in [1.165, 1.54) is 6.92 Å². The number of nitrogens with one attached hydrogen (secondary N) is 1. The zero-order valence-corrected chi connectivity index (χ0v) is 16.7. The minimum Gasteiger partial charge on any atom is -0.496 e. The van der Waals surface area contributed by atoms with E-state index in [-0.39, 0.29) is 18.3 Å². The summed E-state index contributed by atoms with van der Waals surface area (Å²) in [5, 5.41) is 2.83. The van der Waals surface area contributed by atoms with E-state index in [0.29, 0.717) is 22.6 Å². The summed E-state index contributed by atoms with van der Waals surface area (Å²) in [6.45, 7) is 3.76. The van der Waals surface area contributed by atoms with Crippen LogP contribution in [-0.2, 0) is 6.61 Å². The summed E-state index contributed by atoms with van der Waals surface area (Å²) in [5.41, 5.74) is 3.46. The Bertz CT molecular complexity index is 1040. The van der Waals surface area contributed by atoms with Gasteiger partial charge in [-0.3, -0.25) is 9.59 Å². The molecule has 1 amide bonds. The van der Waals surface area contributed by atoms with Gasteiger partial charge < -0.3 is 14.8 Å². The third kappa shape index (κ3) is 5.23. The Hall–Kier alpha value is -3.60. The number of Topliss-reactive ketones (excluding diaryl/α,β-unsaturated/α-hetero) is 1. The largest absolute Gasteiger partial charge is 0.496 e. The molecular weight excluding hydrogens is 366 g/mol. The van der Waals surface area contributed by atoms with Crippen molar-refractivity contribution < 1.29 is 19.1 Å². The minimum absolute atomic E-state index is 0.0545. The summed E-state index contributed by atoms with van der Waals surface area (Å²) in [5.74, 6) is 1.07. The first-order valence-corrected chi connectivity index (χ1v) is 9.25. The van der Waals surface area contributed by atoms with Crippen molar-refractivity contribution in [2.45, 2.75) is 20.5 Å². The predicted molar refractivity (Wildman–Crippen MR) is 113 cm³/mol. The Morgan fingerprint density at radius 3 is 2.45 bits per heavy atom. The Morgan fingerprint density at radius 2 is 1.72 bits per heavy atom. The fourth-order valence-corrected chi connectivity index (χ4v) is 2.92. The number of amides is 1. The second-order valence-corrected chi connectivity index (χ2v) is 6.72. The molecule has 3 aromatic rings. The summed E-state index contributed by atoms with van der Waals surface area (Å²) < 4.78 is 11.3. The van der Waals surface area contributed by atoms with E-state index in [1.54, 1.807) is 49.6 Å². The Morgan fingerprint density at radius 1 is 0.931 bits per heavy atom. The lowest BCUT2D eigenvalue weighted by molar-refractivity contribution is 0.101. The normalized spacial score (nSPS) is 10.3. The average Bonchev–Trinajstić information content (AvgIpc) is 2.72. The highest BCUT2D eigenvalue weighted by molar-refractivity contribution is 6.05. The second-order valence-electron chi connectivity index (χ2n) is 6.72. The van der Waals surface area contributed by atoms with Crippen molar-refractivity contribution in [1.82, 2.24) is 0 Å². The number of benzene rings is 3. The number of carbonyl (C=O) groups excluding carboxylic acids is 2. The number of hydrogen-bond acceptors (Lipinski definition) is 4. The molecule has 5 heteroatoms. The molecule has 0 heterocycles. The fraction of sp³-hybridized carbons (Fsp3) is 0.167. The molecule has 1 N–H and O–H groups in total. The number of rotatable bonds is 7. The van der Waals surface area contributed by atoms with Crippen LogP contribution in [0.25, 0.3) is 0 Å². The minimum atomic E-state index is -0.273. The van der Waals surface area contributed by atoms with Gasteiger partial charge in [0.1, 0.15) is 18.1 Å². The van der Waals surface area contributed by atoms with E-state index in [2.05, 4.69) is 5.32 Å². The molecule has 0 spiro atoms. The lowest BCUT2D eigenvalue weighted by Crippen LogP contribution is -2.13. The number of ketones is 1. The van der Waals surface area contributed by atoms with Gasteiger partial charge in [0.2, 0.25) is 0 Å². The van der Waals surface area contributed by atoms with Crippen LogP contribution in [0.1, 0.15) is 38.8 Å². The van der Waals surface area contributed by atoms with Gasteiger partial charge in [-0.15, -0.1) is 0 Å². The van der Waals surface area contributed by atoms with Gasteiger partial charge in [-0.25, -0.2) is 0 Å². The van der Waals surface area contributed by atoms with Crippen LogP contribution in [-0.4, -0.2) is 18.8 Å². The molecule has 3 rings (SSSR count). The fourth-order valence-electron chi connectivity index (χ4n) is 2.92. The maximum atomic E-state index is 12.7. The lowest BCUT2D eigenvalue weighted by atomic mass is 10.1. The highest BCUT2D eigenvalue weighted by Crippen LogP contribution is 2.23. The van der Waals surface area contributed by atoms with E-state index in [1.807, 2.05) is 31.2 Å². The first-order valence-electron chi connectivity index (χ1n) is 9.25. The van der Waals surface area contributed by atoms with Gasteiger partial charge in [0.05, 0.1) is 7.11 Å². The SMILES string of the molecule is COc1ccc(C(=O)Nc2cccc(C(C)=O)c2)cc1COc1cccc(C)c1. The van der Waals surface area contributed by atoms with Crippen molar-refractivity contribution >= 4 is 17.4 Å². The monoisotopic (exact) mass is 389 g/mol. The van der Waals surface area contributed by atoms with Crippen molar-refractivity contribution in [2.24, 2.45) is 0 Å². The van der Waals surface area contributed by atoms with Crippen molar-refractivity contribution in [3.63, 3.8) is 0 Å². The first kappa shape index (κ1) is 20.1. The Kier molecular flexibility index (Phi) is 6.29. The van der Waals surface area contributed by atoms with Crippen LogP contribution >= 0.6 is 0 Å². The number of aryl methyl sites for hydroxylation is 1. The maximum absolute atomic E-state index is 12.7. The highest BCUT2D eigenvalue weighted by Gasteiger charge is 2.12. The molecule has 0 aliphatic carbocycles. The van der Waals surface area contributed by atoms with Gasteiger partial charge in [0, 0.05) is 22.4 Å². The van der Waals surface area contributed by atoms with Crippen LogP contribution in [0.15, 0.2) is 66.7 Å². The molecule has 0 unspecified atom stereocenters. The quantitative estimate of drug-likeness (QED) is 0.575. The van der Waals surface area contributed by atoms with Gasteiger partial charge in [0.15, 0.2) is 5.78 Å². The van der Waals surface area contributed by atoms with E-state index in [4.69, 9.17) is 9.47 Å². The van der Waals surface area contributed by atoms with Gasteiger partial charge in [-0.2, -0.15) is 0 Å². The van der Waals surface area contributed by atoms with Crippen LogP contribution in [0.3, 0.4) is 0 Å². The van der Waals surface area contributed by atoms with Gasteiger partial charge in [-0.05, 0) is 61.9 Å². The van der Waals surface area contributed by atoms with E-state index in [0.717, 1.165) is 16.9 Å². The molecule has 0 saturated heterocycles.